The number of halogens is 1. The Labute approximate surface area is 165 Å². The second-order valence-corrected chi connectivity index (χ2v) is 9.11. The molecule has 0 radical (unpaired) electrons. The molecule has 0 saturated carbocycles. The quantitative estimate of drug-likeness (QED) is 0.377. The number of nitrogens with zero attached hydrogens (tertiary/aromatic N) is 1. The zero-order valence-electron chi connectivity index (χ0n) is 14.6. The summed E-state index contributed by atoms with van der Waals surface area (Å²) in [4.78, 5) is 0. The number of hydrogen-bond donors (Lipinski definition) is 0. The molecule has 0 fully saturated rings. The van der Waals surface area contributed by atoms with E-state index in [1.165, 1.54) is 26.5 Å². The van der Waals surface area contributed by atoms with Gasteiger partial charge in [-0.1, -0.05) is 0 Å². The van der Waals surface area contributed by atoms with Gasteiger partial charge in [0, 0.05) is 0 Å². The Morgan fingerprint density at radius 1 is 0.846 bits per heavy atom. The molecule has 0 N–H and O–H groups in total. The molecule has 1 heterocycles. The third-order valence-electron chi connectivity index (χ3n) is 4.74. The third-order valence-corrected chi connectivity index (χ3v) is 7.41. The van der Waals surface area contributed by atoms with Gasteiger partial charge in [0.05, 0.1) is 0 Å². The van der Waals surface area contributed by atoms with Gasteiger partial charge in [0.15, 0.2) is 0 Å². The van der Waals surface area contributed by atoms with Crippen molar-refractivity contribution in [3.63, 3.8) is 0 Å². The Morgan fingerprint density at radius 3 is 2.35 bits per heavy atom. The molecule has 130 valence electrons. The number of aromatic nitrogens is 1. The molecule has 4 aromatic rings. The monoisotopic (exact) mass is 425 g/mol. The Bertz CT molecular complexity index is 1020. The van der Waals surface area contributed by atoms with Gasteiger partial charge in [-0.05, 0) is 0 Å². The molecule has 0 amide bonds. The van der Waals surface area contributed by atoms with E-state index in [1.54, 1.807) is 0 Å². The first-order valence-electron chi connectivity index (χ1n) is 8.70. The molecule has 1 aromatic heterocycles. The number of hydrogen-bond acceptors (Lipinski definition) is 0. The maximum atomic E-state index is 6.61. The summed E-state index contributed by atoms with van der Waals surface area (Å²) in [5.41, 5.74) is 3.86. The van der Waals surface area contributed by atoms with Gasteiger partial charge in [0.25, 0.3) is 0 Å². The van der Waals surface area contributed by atoms with Crippen LogP contribution in [0.1, 0.15) is 17.0 Å². The minimum atomic E-state index is 0.301. The fourth-order valence-electron chi connectivity index (χ4n) is 3.45. The summed E-state index contributed by atoms with van der Waals surface area (Å²) in [5, 5.41) is 3.27. The molecule has 1 atom stereocenters. The first-order valence-corrected chi connectivity index (χ1v) is 11.1. The maximum absolute atomic E-state index is 6.61. The van der Waals surface area contributed by atoms with Gasteiger partial charge < -0.3 is 0 Å². The van der Waals surface area contributed by atoms with Crippen molar-refractivity contribution in [1.29, 1.82) is 0 Å². The van der Waals surface area contributed by atoms with E-state index in [2.05, 4.69) is 84.5 Å². The summed E-state index contributed by atoms with van der Waals surface area (Å²) in [6, 6.07) is 27.7. The number of rotatable bonds is 5. The summed E-state index contributed by atoms with van der Waals surface area (Å²) >= 11 is 7.00. The van der Waals surface area contributed by atoms with Crippen LogP contribution in [0.25, 0.3) is 10.9 Å². The van der Waals surface area contributed by atoms with Gasteiger partial charge in [0.1, 0.15) is 0 Å². The molecular weight excluding hydrogens is 405 g/mol. The van der Waals surface area contributed by atoms with E-state index in [0.29, 0.717) is 20.9 Å². The minimum absolute atomic E-state index is 0.301. The van der Waals surface area contributed by atoms with E-state index >= 15 is 0 Å². The molecule has 26 heavy (non-hydrogen) atoms. The predicted molar refractivity (Wildman–Crippen MR) is 113 cm³/mol. The van der Waals surface area contributed by atoms with Crippen molar-refractivity contribution in [3.05, 3.63) is 101 Å². The van der Waals surface area contributed by atoms with Gasteiger partial charge in [0.2, 0.25) is 0 Å². The van der Waals surface area contributed by atoms with E-state index in [-0.39, 0.29) is 0 Å². The third kappa shape index (κ3) is 3.46. The molecule has 0 aliphatic rings. The van der Waals surface area contributed by atoms with E-state index in [1.807, 2.05) is 12.1 Å². The van der Waals surface area contributed by atoms with Crippen LogP contribution in [0.3, 0.4) is 0 Å². The summed E-state index contributed by atoms with van der Waals surface area (Å²) in [5.74, 6) is 0.301. The van der Waals surface area contributed by atoms with Gasteiger partial charge in [-0.2, -0.15) is 0 Å². The molecule has 0 aliphatic carbocycles. The van der Waals surface area contributed by atoms with Crippen LogP contribution in [-0.4, -0.2) is 19.5 Å². The number of aryl methyl sites for hydroxylation is 1. The molecule has 3 aromatic carbocycles. The van der Waals surface area contributed by atoms with Crippen LogP contribution in [0, 0.1) is 0 Å². The number of fused-ring (bicyclic) bond motifs is 1. The van der Waals surface area contributed by atoms with E-state index < -0.39 is 0 Å². The van der Waals surface area contributed by atoms with Crippen LogP contribution >= 0.6 is 11.6 Å². The molecule has 0 spiro atoms. The van der Waals surface area contributed by atoms with Crippen molar-refractivity contribution >= 4 is 41.9 Å². The van der Waals surface area contributed by atoms with Crippen molar-refractivity contribution in [2.24, 2.45) is 7.05 Å². The zero-order valence-corrected chi connectivity index (χ0v) is 17.1. The first kappa shape index (κ1) is 17.4. The van der Waals surface area contributed by atoms with Crippen molar-refractivity contribution in [1.82, 2.24) is 4.57 Å². The molecule has 0 aliphatic heterocycles. The van der Waals surface area contributed by atoms with Crippen molar-refractivity contribution in [2.75, 3.05) is 0 Å². The van der Waals surface area contributed by atoms with Crippen LogP contribution in [-0.2, 0) is 7.05 Å². The van der Waals surface area contributed by atoms with Gasteiger partial charge in [-0.3, -0.25) is 0 Å². The van der Waals surface area contributed by atoms with Gasteiger partial charge in [-0.15, -0.1) is 0 Å². The Hall–Kier alpha value is -1.99. The van der Waals surface area contributed by atoms with Crippen LogP contribution < -0.4 is 4.46 Å². The summed E-state index contributed by atoms with van der Waals surface area (Å²) < 4.78 is 3.65. The molecule has 1 unspecified atom stereocenters. The summed E-state index contributed by atoms with van der Waals surface area (Å²) in [6.07, 6.45) is 2.28. The molecule has 1 nitrogen and oxygen atoms in total. The van der Waals surface area contributed by atoms with E-state index in [4.69, 9.17) is 11.6 Å². The molecule has 0 saturated heterocycles. The van der Waals surface area contributed by atoms with Gasteiger partial charge in [-0.25, -0.2) is 0 Å². The molecule has 0 bridgehead atoms. The van der Waals surface area contributed by atoms with Crippen molar-refractivity contribution < 1.29 is 0 Å². The van der Waals surface area contributed by atoms with E-state index in [9.17, 15) is 0 Å². The number of para-hydroxylation sites is 1. The Morgan fingerprint density at radius 2 is 1.54 bits per heavy atom. The van der Waals surface area contributed by atoms with Crippen molar-refractivity contribution in [2.45, 2.75) is 11.2 Å². The molecule has 4 rings (SSSR count). The SMILES string of the molecule is Cn1cc(C(C[Se]c2ccccc2)c2ccccc2Cl)c2ccccc21. The standard InChI is InChI=1S/C23H20ClNSe/c1-25-15-20(19-12-6-8-14-23(19)25)21(18-11-5-7-13-22(18)24)16-26-17-9-3-2-4-10-17/h2-15,21H,16H2,1H3. The second-order valence-electron chi connectivity index (χ2n) is 6.41. The predicted octanol–water partition coefficient (Wildman–Crippen LogP) is 5.41. The summed E-state index contributed by atoms with van der Waals surface area (Å²) in [7, 11) is 2.12. The first-order chi connectivity index (χ1) is 12.7. The van der Waals surface area contributed by atoms with Crippen molar-refractivity contribution in [3.8, 4) is 0 Å². The average Bonchev–Trinajstić information content (AvgIpc) is 3.01. The van der Waals surface area contributed by atoms with Crippen LogP contribution in [0.4, 0.5) is 0 Å². The molecular formula is C23H20ClNSe. The van der Waals surface area contributed by atoms with E-state index in [0.717, 1.165) is 10.3 Å². The average molecular weight is 425 g/mol. The Balaban J connectivity index is 1.78. The fourth-order valence-corrected chi connectivity index (χ4v) is 5.96. The topological polar surface area (TPSA) is 4.93 Å². The zero-order chi connectivity index (χ0) is 17.9. The Kier molecular flexibility index (Phi) is 5.17. The number of benzene rings is 3. The summed E-state index contributed by atoms with van der Waals surface area (Å²) in [6.45, 7) is 0. The second kappa shape index (κ2) is 7.72. The van der Waals surface area contributed by atoms with Gasteiger partial charge >= 0.3 is 166 Å². The fraction of sp³-hybridized carbons (Fsp3) is 0.130. The van der Waals surface area contributed by atoms with Crippen LogP contribution in [0.2, 0.25) is 10.3 Å². The van der Waals surface area contributed by atoms with Crippen LogP contribution in [0.5, 0.6) is 0 Å². The molecule has 3 heteroatoms. The van der Waals surface area contributed by atoms with Crippen LogP contribution in [0.15, 0.2) is 85.1 Å². The normalized spacial score (nSPS) is 12.4.